The van der Waals surface area contributed by atoms with Gasteiger partial charge in [0.2, 0.25) is 5.91 Å². The average Bonchev–Trinajstić information content (AvgIpc) is 2.81. The number of carbonyl (C=O) groups excluding carboxylic acids is 3. The van der Waals surface area contributed by atoms with Crippen LogP contribution in [0, 0.1) is 0 Å². The summed E-state index contributed by atoms with van der Waals surface area (Å²) in [5, 5.41) is 5.85. The lowest BCUT2D eigenvalue weighted by atomic mass is 10.1. The summed E-state index contributed by atoms with van der Waals surface area (Å²) < 4.78 is 5.74. The highest BCUT2D eigenvalue weighted by Gasteiger charge is 2.24. The summed E-state index contributed by atoms with van der Waals surface area (Å²) in [6.07, 6.45) is 0. The minimum absolute atomic E-state index is 0.0160. The fraction of sp³-hybridized carbons (Fsp3) is 0.423. The zero-order valence-corrected chi connectivity index (χ0v) is 20.2. The summed E-state index contributed by atoms with van der Waals surface area (Å²) in [6.45, 7) is 8.75. The van der Waals surface area contributed by atoms with Gasteiger partial charge in [-0.1, -0.05) is 42.5 Å². The molecular formula is C26H34N4O4. The molecule has 2 N–H and O–H groups in total. The maximum absolute atomic E-state index is 12.7. The molecule has 0 saturated carbocycles. The van der Waals surface area contributed by atoms with E-state index in [0.29, 0.717) is 50.6 Å². The summed E-state index contributed by atoms with van der Waals surface area (Å²) in [5.74, 6) is -0.0380. The molecule has 8 nitrogen and oxygen atoms in total. The van der Waals surface area contributed by atoms with Crippen molar-refractivity contribution in [1.29, 1.82) is 0 Å². The molecule has 2 aromatic carbocycles. The van der Waals surface area contributed by atoms with E-state index >= 15 is 0 Å². The predicted molar refractivity (Wildman–Crippen MR) is 130 cm³/mol. The lowest BCUT2D eigenvalue weighted by Gasteiger charge is -2.34. The zero-order chi connectivity index (χ0) is 24.6. The molecule has 0 atom stereocenters. The number of piperazine rings is 1. The van der Waals surface area contributed by atoms with Crippen LogP contribution in [0.25, 0.3) is 0 Å². The third-order valence-electron chi connectivity index (χ3n) is 5.39. The van der Waals surface area contributed by atoms with Gasteiger partial charge in [0, 0.05) is 38.3 Å². The fourth-order valence-electron chi connectivity index (χ4n) is 3.70. The van der Waals surface area contributed by atoms with Crippen LogP contribution in [0.5, 0.6) is 5.75 Å². The second-order valence-electron chi connectivity index (χ2n) is 9.41. The maximum atomic E-state index is 12.7. The number of amides is 3. The Morgan fingerprint density at radius 3 is 2.24 bits per heavy atom. The van der Waals surface area contributed by atoms with Gasteiger partial charge in [-0.05, 0) is 38.5 Å². The third kappa shape index (κ3) is 7.88. The monoisotopic (exact) mass is 466 g/mol. The Morgan fingerprint density at radius 2 is 1.56 bits per heavy atom. The molecule has 0 aromatic heterocycles. The first-order chi connectivity index (χ1) is 16.2. The van der Waals surface area contributed by atoms with Crippen LogP contribution in [-0.2, 0) is 16.1 Å². The van der Waals surface area contributed by atoms with E-state index in [9.17, 15) is 14.4 Å². The van der Waals surface area contributed by atoms with Crippen molar-refractivity contribution in [3.8, 4) is 5.75 Å². The second kappa shape index (κ2) is 11.7. The van der Waals surface area contributed by atoms with Gasteiger partial charge in [0.1, 0.15) is 5.75 Å². The Hall–Kier alpha value is -3.39. The average molecular weight is 467 g/mol. The second-order valence-corrected chi connectivity index (χ2v) is 9.41. The van der Waals surface area contributed by atoms with E-state index in [0.717, 1.165) is 5.56 Å². The fourth-order valence-corrected chi connectivity index (χ4v) is 3.70. The SMILES string of the molecule is CC(C)(C)NC(=O)CN1CCN(C(=O)COc2ccccc2C(=O)NCc2ccccc2)CC1. The number of ether oxygens (including phenoxy) is 1. The van der Waals surface area contributed by atoms with E-state index in [1.165, 1.54) is 0 Å². The molecule has 8 heteroatoms. The van der Waals surface area contributed by atoms with Crippen LogP contribution in [0.2, 0.25) is 0 Å². The van der Waals surface area contributed by atoms with Crippen molar-refractivity contribution >= 4 is 17.7 Å². The minimum Gasteiger partial charge on any atom is -0.483 e. The molecule has 1 aliphatic rings. The quantitative estimate of drug-likeness (QED) is 0.622. The van der Waals surface area contributed by atoms with Gasteiger partial charge in [0.05, 0.1) is 12.1 Å². The van der Waals surface area contributed by atoms with Crippen LogP contribution in [0.15, 0.2) is 54.6 Å². The molecule has 0 unspecified atom stereocenters. The smallest absolute Gasteiger partial charge is 0.260 e. The molecule has 1 fully saturated rings. The molecule has 34 heavy (non-hydrogen) atoms. The molecule has 0 aliphatic carbocycles. The normalized spacial score (nSPS) is 14.4. The molecule has 0 spiro atoms. The zero-order valence-electron chi connectivity index (χ0n) is 20.2. The Labute approximate surface area is 201 Å². The van der Waals surface area contributed by atoms with E-state index in [1.807, 2.05) is 56.0 Å². The van der Waals surface area contributed by atoms with Crippen molar-refractivity contribution in [2.24, 2.45) is 0 Å². The number of benzene rings is 2. The van der Waals surface area contributed by atoms with Gasteiger partial charge in [0.15, 0.2) is 6.61 Å². The minimum atomic E-state index is -0.263. The topological polar surface area (TPSA) is 91.0 Å². The van der Waals surface area contributed by atoms with Gasteiger partial charge in [-0.25, -0.2) is 0 Å². The predicted octanol–water partition coefficient (Wildman–Crippen LogP) is 2.05. The van der Waals surface area contributed by atoms with Crippen molar-refractivity contribution in [3.63, 3.8) is 0 Å². The summed E-state index contributed by atoms with van der Waals surface area (Å²) >= 11 is 0. The van der Waals surface area contributed by atoms with Crippen molar-refractivity contribution in [2.75, 3.05) is 39.3 Å². The first kappa shape index (κ1) is 25.2. The lowest BCUT2D eigenvalue weighted by Crippen LogP contribution is -2.53. The molecular weight excluding hydrogens is 432 g/mol. The van der Waals surface area contributed by atoms with E-state index in [1.54, 1.807) is 29.2 Å². The van der Waals surface area contributed by atoms with Gasteiger partial charge in [0.25, 0.3) is 11.8 Å². The van der Waals surface area contributed by atoms with E-state index in [4.69, 9.17) is 4.74 Å². The van der Waals surface area contributed by atoms with Gasteiger partial charge in [-0.3, -0.25) is 19.3 Å². The summed E-state index contributed by atoms with van der Waals surface area (Å²) in [4.78, 5) is 41.3. The number of hydrogen-bond acceptors (Lipinski definition) is 5. The van der Waals surface area contributed by atoms with Crippen LogP contribution in [0.3, 0.4) is 0 Å². The Kier molecular flexibility index (Phi) is 8.65. The summed E-state index contributed by atoms with van der Waals surface area (Å²) in [6, 6.07) is 16.6. The standard InChI is InChI=1S/C26H34N4O4/c1-26(2,3)28-23(31)18-29-13-15-30(16-14-29)24(32)19-34-22-12-8-7-11-21(22)25(33)27-17-20-9-5-4-6-10-20/h4-12H,13-19H2,1-3H3,(H,27,33)(H,28,31). The van der Waals surface area contributed by atoms with Crippen molar-refractivity contribution in [2.45, 2.75) is 32.9 Å². The molecule has 3 amide bonds. The molecule has 0 radical (unpaired) electrons. The first-order valence-corrected chi connectivity index (χ1v) is 11.6. The van der Waals surface area contributed by atoms with Crippen molar-refractivity contribution in [1.82, 2.24) is 20.4 Å². The Bertz CT molecular complexity index is 980. The molecule has 3 rings (SSSR count). The largest absolute Gasteiger partial charge is 0.483 e. The van der Waals surface area contributed by atoms with Crippen LogP contribution < -0.4 is 15.4 Å². The lowest BCUT2D eigenvalue weighted by molar-refractivity contribution is -0.135. The molecule has 2 aromatic rings. The molecule has 182 valence electrons. The summed E-state index contributed by atoms with van der Waals surface area (Å²) in [5.41, 5.74) is 1.13. The van der Waals surface area contributed by atoms with Crippen LogP contribution in [-0.4, -0.2) is 72.4 Å². The molecule has 1 aliphatic heterocycles. The van der Waals surface area contributed by atoms with Gasteiger partial charge in [-0.2, -0.15) is 0 Å². The van der Waals surface area contributed by atoms with Gasteiger partial charge in [-0.15, -0.1) is 0 Å². The number of nitrogens with zero attached hydrogens (tertiary/aromatic N) is 2. The van der Waals surface area contributed by atoms with E-state index in [-0.39, 0.29) is 29.9 Å². The van der Waals surface area contributed by atoms with Gasteiger partial charge < -0.3 is 20.3 Å². The van der Waals surface area contributed by atoms with Crippen LogP contribution >= 0.6 is 0 Å². The number of nitrogens with one attached hydrogen (secondary N) is 2. The maximum Gasteiger partial charge on any atom is 0.260 e. The van der Waals surface area contributed by atoms with Gasteiger partial charge >= 0.3 is 0 Å². The van der Waals surface area contributed by atoms with Crippen molar-refractivity contribution < 1.29 is 19.1 Å². The van der Waals surface area contributed by atoms with Crippen LogP contribution in [0.4, 0.5) is 0 Å². The number of para-hydroxylation sites is 1. The number of carbonyl (C=O) groups is 3. The molecule has 0 bridgehead atoms. The number of hydrogen-bond donors (Lipinski definition) is 2. The van der Waals surface area contributed by atoms with Crippen molar-refractivity contribution in [3.05, 3.63) is 65.7 Å². The molecule has 1 saturated heterocycles. The summed E-state index contributed by atoms with van der Waals surface area (Å²) in [7, 11) is 0. The highest BCUT2D eigenvalue weighted by Crippen LogP contribution is 2.18. The highest BCUT2D eigenvalue weighted by atomic mass is 16.5. The third-order valence-corrected chi connectivity index (χ3v) is 5.39. The van der Waals surface area contributed by atoms with E-state index < -0.39 is 0 Å². The molecule has 1 heterocycles. The van der Waals surface area contributed by atoms with E-state index in [2.05, 4.69) is 10.6 Å². The Balaban J connectivity index is 1.46. The first-order valence-electron chi connectivity index (χ1n) is 11.6. The van der Waals surface area contributed by atoms with Crippen LogP contribution in [0.1, 0.15) is 36.7 Å². The Morgan fingerprint density at radius 1 is 0.912 bits per heavy atom. The number of rotatable bonds is 8. The highest BCUT2D eigenvalue weighted by molar-refractivity contribution is 5.97.